The minimum atomic E-state index is -2.52. The van der Waals surface area contributed by atoms with Crippen LogP contribution < -0.4 is 0 Å². The van der Waals surface area contributed by atoms with Crippen molar-refractivity contribution in [2.75, 3.05) is 13.1 Å². The van der Waals surface area contributed by atoms with Crippen LogP contribution in [0.5, 0.6) is 0 Å². The highest BCUT2D eigenvalue weighted by molar-refractivity contribution is 4.94. The molecule has 82 valence electrons. The van der Waals surface area contributed by atoms with Gasteiger partial charge in [0.25, 0.3) is 5.92 Å². The fraction of sp³-hybridized carbons (Fsp3) is 1.00. The maximum absolute atomic E-state index is 13.3. The third kappa shape index (κ3) is 1.90. The van der Waals surface area contributed by atoms with E-state index in [0.29, 0.717) is 6.42 Å². The molecule has 0 unspecified atom stereocenters. The minimum Gasteiger partial charge on any atom is -0.288 e. The lowest BCUT2D eigenvalue weighted by Crippen LogP contribution is -2.61. The van der Waals surface area contributed by atoms with Gasteiger partial charge >= 0.3 is 0 Å². The van der Waals surface area contributed by atoms with Gasteiger partial charge in [0.1, 0.15) is 6.17 Å². The molecule has 1 aliphatic carbocycles. The molecule has 0 radical (unpaired) electrons. The van der Waals surface area contributed by atoms with E-state index in [-0.39, 0.29) is 25.0 Å². The van der Waals surface area contributed by atoms with Crippen molar-refractivity contribution in [1.29, 1.82) is 0 Å². The first-order chi connectivity index (χ1) is 6.48. The third-order valence-electron chi connectivity index (χ3n) is 3.46. The van der Waals surface area contributed by atoms with Gasteiger partial charge in [-0.05, 0) is 25.2 Å². The molecule has 2 fully saturated rings. The van der Waals surface area contributed by atoms with E-state index in [4.69, 9.17) is 0 Å². The largest absolute Gasteiger partial charge is 0.288 e. The topological polar surface area (TPSA) is 3.24 Å². The molecule has 1 saturated heterocycles. The molecule has 2 aliphatic rings. The molecule has 0 aromatic heterocycles. The Balaban J connectivity index is 1.83. The molecule has 1 saturated carbocycles. The summed E-state index contributed by atoms with van der Waals surface area (Å²) in [5.41, 5.74) is 0. The average molecular weight is 207 g/mol. The second-order valence-electron chi connectivity index (χ2n) is 4.72. The predicted octanol–water partition coefficient (Wildman–Crippen LogP) is 2.46. The summed E-state index contributed by atoms with van der Waals surface area (Å²) in [6.45, 7) is 1.56. The summed E-state index contributed by atoms with van der Waals surface area (Å²) in [6.07, 6.45) is 1.34. The first kappa shape index (κ1) is 10.3. The molecular weight excluding hydrogens is 191 g/mol. The summed E-state index contributed by atoms with van der Waals surface area (Å²) in [5.74, 6) is -2.41. The monoisotopic (exact) mass is 207 g/mol. The maximum atomic E-state index is 13.3. The molecule has 0 aromatic carbocycles. The van der Waals surface area contributed by atoms with E-state index in [0.717, 1.165) is 12.8 Å². The van der Waals surface area contributed by atoms with Crippen LogP contribution in [-0.4, -0.2) is 36.1 Å². The van der Waals surface area contributed by atoms with Crippen LogP contribution >= 0.6 is 0 Å². The molecule has 2 rings (SSSR count). The lowest BCUT2D eigenvalue weighted by molar-refractivity contribution is -0.153. The van der Waals surface area contributed by atoms with Crippen LogP contribution in [0.25, 0.3) is 0 Å². The van der Waals surface area contributed by atoms with Crippen molar-refractivity contribution in [3.63, 3.8) is 0 Å². The van der Waals surface area contributed by atoms with E-state index in [9.17, 15) is 13.2 Å². The van der Waals surface area contributed by atoms with Crippen molar-refractivity contribution in [1.82, 2.24) is 4.90 Å². The van der Waals surface area contributed by atoms with Crippen molar-refractivity contribution in [2.45, 2.75) is 44.3 Å². The van der Waals surface area contributed by atoms with Gasteiger partial charge in [-0.15, -0.1) is 0 Å². The van der Waals surface area contributed by atoms with Crippen LogP contribution in [0, 0.1) is 5.92 Å². The van der Waals surface area contributed by atoms with Gasteiger partial charge < -0.3 is 0 Å². The number of likely N-dealkylation sites (tertiary alicyclic amines) is 1. The first-order valence-electron chi connectivity index (χ1n) is 5.24. The van der Waals surface area contributed by atoms with Crippen molar-refractivity contribution in [2.24, 2.45) is 5.92 Å². The van der Waals surface area contributed by atoms with Gasteiger partial charge in [0.2, 0.25) is 0 Å². The summed E-state index contributed by atoms with van der Waals surface area (Å²) in [5, 5.41) is 0. The predicted molar refractivity (Wildman–Crippen MR) is 48.2 cm³/mol. The summed E-state index contributed by atoms with van der Waals surface area (Å²) in [7, 11) is 0. The van der Waals surface area contributed by atoms with E-state index in [1.165, 1.54) is 0 Å². The fourth-order valence-electron chi connectivity index (χ4n) is 2.38. The molecule has 1 nitrogen and oxygen atoms in total. The number of nitrogens with zero attached hydrogens (tertiary/aromatic N) is 1. The Morgan fingerprint density at radius 3 is 2.36 bits per heavy atom. The van der Waals surface area contributed by atoms with E-state index in [1.807, 2.05) is 6.92 Å². The quantitative estimate of drug-likeness (QED) is 0.638. The zero-order valence-electron chi connectivity index (χ0n) is 8.35. The smallest absolute Gasteiger partial charge is 0.272 e. The number of alkyl halides is 3. The second-order valence-corrected chi connectivity index (χ2v) is 4.72. The van der Waals surface area contributed by atoms with Crippen LogP contribution in [-0.2, 0) is 0 Å². The van der Waals surface area contributed by atoms with Gasteiger partial charge in [0, 0.05) is 6.04 Å². The van der Waals surface area contributed by atoms with Gasteiger partial charge in [-0.25, -0.2) is 13.2 Å². The molecular formula is C10H16F3N. The van der Waals surface area contributed by atoms with Crippen LogP contribution in [0.15, 0.2) is 0 Å². The molecule has 3 atom stereocenters. The molecule has 0 bridgehead atoms. The van der Waals surface area contributed by atoms with Crippen molar-refractivity contribution in [3.05, 3.63) is 0 Å². The number of rotatable bonds is 1. The van der Waals surface area contributed by atoms with Gasteiger partial charge in [-0.2, -0.15) is 0 Å². The van der Waals surface area contributed by atoms with Crippen LogP contribution in [0.1, 0.15) is 26.2 Å². The maximum Gasteiger partial charge on any atom is 0.272 e. The Bertz CT molecular complexity index is 211. The van der Waals surface area contributed by atoms with E-state index >= 15 is 0 Å². The van der Waals surface area contributed by atoms with E-state index in [1.54, 1.807) is 4.90 Å². The Kier molecular flexibility index (Phi) is 2.50. The number of hydrogen-bond donors (Lipinski definition) is 0. The zero-order valence-corrected chi connectivity index (χ0v) is 8.35. The lowest BCUT2D eigenvalue weighted by atomic mass is 9.84. The van der Waals surface area contributed by atoms with Crippen LogP contribution in [0.4, 0.5) is 13.2 Å². The summed E-state index contributed by atoms with van der Waals surface area (Å²) >= 11 is 0. The first-order valence-corrected chi connectivity index (χ1v) is 5.24. The highest BCUT2D eigenvalue weighted by Crippen LogP contribution is 2.36. The molecule has 1 aliphatic heterocycles. The number of hydrogen-bond acceptors (Lipinski definition) is 1. The third-order valence-corrected chi connectivity index (χ3v) is 3.46. The van der Waals surface area contributed by atoms with Crippen molar-refractivity contribution in [3.8, 4) is 0 Å². The Hall–Kier alpha value is -0.250. The van der Waals surface area contributed by atoms with Crippen molar-refractivity contribution < 1.29 is 13.2 Å². The summed E-state index contributed by atoms with van der Waals surface area (Å²) < 4.78 is 38.5. The fourth-order valence-corrected chi connectivity index (χ4v) is 2.38. The highest BCUT2D eigenvalue weighted by atomic mass is 19.3. The lowest BCUT2D eigenvalue weighted by Gasteiger charge is -2.46. The van der Waals surface area contributed by atoms with Crippen LogP contribution in [0.2, 0.25) is 0 Å². The van der Waals surface area contributed by atoms with Crippen molar-refractivity contribution >= 4 is 0 Å². The highest BCUT2D eigenvalue weighted by Gasteiger charge is 2.47. The summed E-state index contributed by atoms with van der Waals surface area (Å²) in [4.78, 5) is 1.72. The zero-order chi connectivity index (χ0) is 10.3. The molecule has 1 heterocycles. The van der Waals surface area contributed by atoms with Crippen LogP contribution in [0.3, 0.4) is 0 Å². The van der Waals surface area contributed by atoms with Gasteiger partial charge in [-0.3, -0.25) is 4.90 Å². The Morgan fingerprint density at radius 1 is 1.21 bits per heavy atom. The average Bonchev–Trinajstić information content (AvgIpc) is 2.06. The number of halogens is 3. The molecule has 0 N–H and O–H groups in total. The van der Waals surface area contributed by atoms with Gasteiger partial charge in [0.05, 0.1) is 13.1 Å². The SMILES string of the molecule is C[C@@H]1CC[C@@H](N2CC(F)(F)C2)C[C@@H]1F. The van der Waals surface area contributed by atoms with Gasteiger partial charge in [-0.1, -0.05) is 6.92 Å². The minimum absolute atomic E-state index is 0.0563. The molecule has 0 spiro atoms. The molecule has 14 heavy (non-hydrogen) atoms. The van der Waals surface area contributed by atoms with Gasteiger partial charge in [0.15, 0.2) is 0 Å². The standard InChI is InChI=1S/C10H16F3N/c1-7-2-3-8(4-9(7)11)14-5-10(12,13)6-14/h7-9H,2-6H2,1H3/t7-,8-,9+/m1/s1. The molecule has 0 amide bonds. The normalized spacial score (nSPS) is 43.3. The Morgan fingerprint density at radius 2 is 1.86 bits per heavy atom. The molecule has 4 heteroatoms. The summed E-state index contributed by atoms with van der Waals surface area (Å²) in [6, 6.07) is 0.0563. The Labute approximate surface area is 82.3 Å². The van der Waals surface area contributed by atoms with E-state index < -0.39 is 12.1 Å². The van der Waals surface area contributed by atoms with E-state index in [2.05, 4.69) is 0 Å². The second kappa shape index (κ2) is 3.40. The molecule has 0 aromatic rings.